The van der Waals surface area contributed by atoms with Gasteiger partial charge >= 0.3 is 5.97 Å². The van der Waals surface area contributed by atoms with Gasteiger partial charge in [0, 0.05) is 39.1 Å². The molecule has 5 rings (SSSR count). The molecule has 0 aliphatic carbocycles. The largest absolute Gasteiger partial charge is 0.481 e. The van der Waals surface area contributed by atoms with E-state index in [4.69, 9.17) is 23.2 Å². The number of hydrogen-bond donors (Lipinski definition) is 4. The second-order valence-corrected chi connectivity index (χ2v) is 10.3. The van der Waals surface area contributed by atoms with Gasteiger partial charge in [-0.3, -0.25) is 14.4 Å². The minimum absolute atomic E-state index is 0. The molecule has 2 aliphatic heterocycles. The van der Waals surface area contributed by atoms with Crippen LogP contribution in [0, 0.1) is 0 Å². The Labute approximate surface area is 251 Å². The van der Waals surface area contributed by atoms with Crippen LogP contribution in [0.25, 0.3) is 0 Å². The number of fused-ring (bicyclic) bond motifs is 1. The Kier molecular flexibility index (Phi) is 9.37. The van der Waals surface area contributed by atoms with Gasteiger partial charge in [0.15, 0.2) is 5.96 Å². The molecule has 2 heterocycles. The van der Waals surface area contributed by atoms with Crippen LogP contribution in [-0.2, 0) is 11.3 Å². The fourth-order valence-corrected chi connectivity index (χ4v) is 5.22. The van der Waals surface area contributed by atoms with E-state index in [9.17, 15) is 23.9 Å². The van der Waals surface area contributed by atoms with Crippen molar-refractivity contribution >= 4 is 70.7 Å². The molecule has 2 amide bonds. The van der Waals surface area contributed by atoms with Gasteiger partial charge in [-0.15, -0.1) is 12.4 Å². The van der Waals surface area contributed by atoms with Gasteiger partial charge in [-0.2, -0.15) is 0 Å². The number of carboxylic acids is 1. The fraction of sp³-hybridized carbons (Fsp3) is 0.214. The van der Waals surface area contributed by atoms with E-state index in [2.05, 4.69) is 20.9 Å². The first-order valence-electron chi connectivity index (χ1n) is 12.4. The Morgan fingerprint density at radius 2 is 1.85 bits per heavy atom. The van der Waals surface area contributed by atoms with Crippen LogP contribution < -0.4 is 16.0 Å². The first-order valence-corrected chi connectivity index (χ1v) is 13.1. The van der Waals surface area contributed by atoms with Crippen LogP contribution in [0.3, 0.4) is 0 Å². The third kappa shape index (κ3) is 7.08. The second-order valence-electron chi connectivity index (χ2n) is 9.45. The van der Waals surface area contributed by atoms with Crippen molar-refractivity contribution < 1.29 is 23.9 Å². The lowest BCUT2D eigenvalue weighted by Crippen LogP contribution is -2.40. The molecule has 9 nitrogen and oxygen atoms in total. The van der Waals surface area contributed by atoms with Crippen molar-refractivity contribution in [2.75, 3.05) is 23.7 Å². The number of carbonyl (C=O) groups excluding carboxylic acids is 2. The average Bonchev–Trinajstić information content (AvgIpc) is 3.23. The number of rotatable bonds is 7. The van der Waals surface area contributed by atoms with Crippen molar-refractivity contribution in [1.29, 1.82) is 0 Å². The molecule has 41 heavy (non-hydrogen) atoms. The van der Waals surface area contributed by atoms with Gasteiger partial charge in [0.2, 0.25) is 0 Å². The van der Waals surface area contributed by atoms with E-state index in [1.807, 2.05) is 0 Å². The van der Waals surface area contributed by atoms with Crippen molar-refractivity contribution in [3.8, 4) is 0 Å². The number of carbonyl (C=O) groups is 3. The molecule has 13 heteroatoms. The minimum atomic E-state index is -1.08. The average molecular weight is 621 g/mol. The summed E-state index contributed by atoms with van der Waals surface area (Å²) in [6.07, 6.45) is -1.37. The summed E-state index contributed by atoms with van der Waals surface area (Å²) < 4.78 is 13.3. The van der Waals surface area contributed by atoms with E-state index in [0.717, 1.165) is 0 Å². The molecule has 0 bridgehead atoms. The van der Waals surface area contributed by atoms with Gasteiger partial charge in [0.25, 0.3) is 11.8 Å². The van der Waals surface area contributed by atoms with Gasteiger partial charge in [0.1, 0.15) is 6.17 Å². The minimum Gasteiger partial charge on any atom is -0.481 e. The SMILES string of the molecule is Cl.O=C(O)CC(c1cc(Cl)cc(Cl)c1)N1Cc2ccc(NC(=O)c3cccc(NC4=NCC(F)CN4)c3)cc2C1=O. The van der Waals surface area contributed by atoms with Crippen LogP contribution in [0.2, 0.25) is 10.0 Å². The Balaban J connectivity index is 0.00000387. The Morgan fingerprint density at radius 1 is 1.10 bits per heavy atom. The highest BCUT2D eigenvalue weighted by Gasteiger charge is 2.35. The van der Waals surface area contributed by atoms with E-state index < -0.39 is 24.1 Å². The third-order valence-corrected chi connectivity index (χ3v) is 6.98. The second kappa shape index (κ2) is 12.8. The van der Waals surface area contributed by atoms with E-state index in [-0.39, 0.29) is 44.4 Å². The molecule has 3 aromatic carbocycles. The van der Waals surface area contributed by atoms with E-state index in [1.54, 1.807) is 54.6 Å². The summed E-state index contributed by atoms with van der Waals surface area (Å²) >= 11 is 12.3. The number of hydrogen-bond acceptors (Lipinski definition) is 6. The number of aliphatic carboxylic acids is 1. The summed E-state index contributed by atoms with van der Waals surface area (Å²) in [5.74, 6) is -1.41. The zero-order valence-electron chi connectivity index (χ0n) is 21.4. The number of alkyl halides is 1. The lowest BCUT2D eigenvalue weighted by atomic mass is 10.0. The highest BCUT2D eigenvalue weighted by Crippen LogP contribution is 2.36. The molecular formula is C28H25Cl3FN5O4. The molecule has 2 atom stereocenters. The van der Waals surface area contributed by atoms with Crippen LogP contribution >= 0.6 is 35.6 Å². The maximum absolute atomic E-state index is 13.4. The van der Waals surface area contributed by atoms with Crippen molar-refractivity contribution in [2.24, 2.45) is 4.99 Å². The van der Waals surface area contributed by atoms with Crippen LogP contribution in [0.5, 0.6) is 0 Å². The van der Waals surface area contributed by atoms with Gasteiger partial charge in [-0.25, -0.2) is 9.38 Å². The monoisotopic (exact) mass is 619 g/mol. The summed E-state index contributed by atoms with van der Waals surface area (Å²) in [6, 6.07) is 15.7. The molecule has 2 unspecified atom stereocenters. The molecule has 0 saturated heterocycles. The van der Waals surface area contributed by atoms with Crippen molar-refractivity contribution in [3.63, 3.8) is 0 Å². The predicted molar refractivity (Wildman–Crippen MR) is 158 cm³/mol. The lowest BCUT2D eigenvalue weighted by molar-refractivity contribution is -0.138. The van der Waals surface area contributed by atoms with Crippen LogP contribution in [-0.4, -0.2) is 53.0 Å². The maximum Gasteiger partial charge on any atom is 0.305 e. The molecule has 0 aromatic heterocycles. The lowest BCUT2D eigenvalue weighted by Gasteiger charge is -2.27. The molecule has 214 valence electrons. The summed E-state index contributed by atoms with van der Waals surface area (Å²) in [7, 11) is 0. The number of aliphatic imine (C=N–C) groups is 1. The van der Waals surface area contributed by atoms with E-state index >= 15 is 0 Å². The number of halogens is 4. The van der Waals surface area contributed by atoms with Crippen molar-refractivity contribution in [3.05, 3.63) is 93.0 Å². The summed E-state index contributed by atoms with van der Waals surface area (Å²) in [4.78, 5) is 43.7. The number of benzene rings is 3. The van der Waals surface area contributed by atoms with Gasteiger partial charge in [-0.1, -0.05) is 35.3 Å². The summed E-state index contributed by atoms with van der Waals surface area (Å²) in [5, 5.41) is 18.9. The molecule has 0 saturated carbocycles. The van der Waals surface area contributed by atoms with E-state index in [1.165, 1.54) is 11.0 Å². The number of nitrogens with one attached hydrogen (secondary N) is 3. The molecule has 0 spiro atoms. The molecule has 0 fully saturated rings. The first-order chi connectivity index (χ1) is 19.2. The zero-order chi connectivity index (χ0) is 28.4. The Hall–Kier alpha value is -3.86. The number of guanidine groups is 1. The van der Waals surface area contributed by atoms with Crippen LogP contribution in [0.15, 0.2) is 65.7 Å². The van der Waals surface area contributed by atoms with Gasteiger partial charge in [-0.05, 0) is 59.7 Å². The summed E-state index contributed by atoms with van der Waals surface area (Å²) in [6.45, 7) is 0.414. The number of amides is 2. The van der Waals surface area contributed by atoms with E-state index in [0.29, 0.717) is 49.6 Å². The van der Waals surface area contributed by atoms with Gasteiger partial charge in [0.05, 0.1) is 25.6 Å². The zero-order valence-corrected chi connectivity index (χ0v) is 23.7. The standard InChI is InChI=1S/C28H24Cl2FN5O4.ClH/c29-18-6-17(7-19(30)9-18)24(11-25(37)38)36-14-16-4-5-22(10-23(16)27(36)40)34-26(39)15-2-1-3-21(8-15)35-28-32-12-20(31)13-33-28;/h1-10,20,24H,11-14H2,(H,34,39)(H,37,38)(H2,32,33,35);1H. The maximum atomic E-state index is 13.4. The first kappa shape index (κ1) is 30.1. The topological polar surface area (TPSA) is 123 Å². The normalized spacial score (nSPS) is 16.6. The molecular weight excluding hydrogens is 596 g/mol. The summed E-state index contributed by atoms with van der Waals surface area (Å²) in [5.41, 5.74) is 2.95. The van der Waals surface area contributed by atoms with Gasteiger partial charge < -0.3 is 26.0 Å². The molecule has 2 aliphatic rings. The van der Waals surface area contributed by atoms with Crippen molar-refractivity contribution in [2.45, 2.75) is 25.2 Å². The highest BCUT2D eigenvalue weighted by molar-refractivity contribution is 6.34. The molecule has 4 N–H and O–H groups in total. The smallest absolute Gasteiger partial charge is 0.305 e. The highest BCUT2D eigenvalue weighted by atomic mass is 35.5. The predicted octanol–water partition coefficient (Wildman–Crippen LogP) is 5.55. The number of nitrogens with zero attached hydrogens (tertiary/aromatic N) is 2. The van der Waals surface area contributed by atoms with Crippen LogP contribution in [0.4, 0.5) is 15.8 Å². The quantitative estimate of drug-likeness (QED) is 0.275. The van der Waals surface area contributed by atoms with Crippen LogP contribution in [0.1, 0.15) is 44.3 Å². The Bertz CT molecular complexity index is 1520. The third-order valence-electron chi connectivity index (χ3n) is 6.54. The fourth-order valence-electron chi connectivity index (χ4n) is 4.67. The molecule has 0 radical (unpaired) electrons. The molecule has 3 aromatic rings. The Morgan fingerprint density at radius 3 is 2.54 bits per heavy atom. The number of anilines is 2. The van der Waals surface area contributed by atoms with Crippen molar-refractivity contribution in [1.82, 2.24) is 10.2 Å². The number of carboxylic acid groups (broad SMARTS) is 1.